The van der Waals surface area contributed by atoms with Crippen LogP contribution in [-0.4, -0.2) is 13.3 Å². The minimum absolute atomic E-state index is 0.345. The lowest BCUT2D eigenvalue weighted by Crippen LogP contribution is -2.03. The molecule has 1 atom stereocenters. The lowest BCUT2D eigenvalue weighted by atomic mass is 10.2. The van der Waals surface area contributed by atoms with Gasteiger partial charge < -0.3 is 14.0 Å². The molecule has 0 aliphatic rings. The van der Waals surface area contributed by atoms with Gasteiger partial charge >= 0.3 is 0 Å². The maximum absolute atomic E-state index is 10.5. The van der Waals surface area contributed by atoms with Crippen LogP contribution in [0.15, 0.2) is 0 Å². The third kappa shape index (κ3) is 10.2. The summed E-state index contributed by atoms with van der Waals surface area (Å²) >= 11 is 0. The van der Waals surface area contributed by atoms with Gasteiger partial charge in [-0.15, -0.1) is 0 Å². The highest BCUT2D eigenvalue weighted by Gasteiger charge is 1.96. The predicted octanol–water partition coefficient (Wildman–Crippen LogP) is 1.77. The summed E-state index contributed by atoms with van der Waals surface area (Å²) in [5, 5.41) is 0. The standard InChI is InChI=1S/C7H17O3P/c1-3-4-5-6-7-10-11(2,8)9/h3-7H2,1-2H3,(H,8,9)/p-1. The first-order valence-corrected chi connectivity index (χ1v) is 5.98. The molecule has 0 amide bonds. The summed E-state index contributed by atoms with van der Waals surface area (Å²) < 4.78 is 15.0. The first kappa shape index (κ1) is 11.2. The molecule has 0 aliphatic heterocycles. The molecule has 0 saturated carbocycles. The van der Waals surface area contributed by atoms with Gasteiger partial charge in [0.05, 0.1) is 6.61 Å². The molecular weight excluding hydrogens is 163 g/mol. The second kappa shape index (κ2) is 5.76. The monoisotopic (exact) mass is 179 g/mol. The van der Waals surface area contributed by atoms with E-state index in [2.05, 4.69) is 11.4 Å². The van der Waals surface area contributed by atoms with E-state index in [-0.39, 0.29) is 0 Å². The van der Waals surface area contributed by atoms with E-state index in [1.165, 1.54) is 0 Å². The molecule has 0 aromatic rings. The molecule has 11 heavy (non-hydrogen) atoms. The zero-order chi connectivity index (χ0) is 8.74. The van der Waals surface area contributed by atoms with Crippen molar-refractivity contribution in [1.29, 1.82) is 0 Å². The fourth-order valence-corrected chi connectivity index (χ4v) is 1.22. The Morgan fingerprint density at radius 1 is 1.36 bits per heavy atom. The number of unbranched alkanes of at least 4 members (excludes halogenated alkanes) is 3. The van der Waals surface area contributed by atoms with Crippen LogP contribution in [0.1, 0.15) is 32.6 Å². The first-order valence-electron chi connectivity index (χ1n) is 3.99. The number of hydrogen-bond acceptors (Lipinski definition) is 3. The van der Waals surface area contributed by atoms with Gasteiger partial charge in [-0.3, -0.25) is 0 Å². The van der Waals surface area contributed by atoms with Crippen LogP contribution in [0.25, 0.3) is 0 Å². The molecule has 0 aromatic carbocycles. The van der Waals surface area contributed by atoms with Crippen LogP contribution in [0.2, 0.25) is 0 Å². The molecule has 68 valence electrons. The van der Waals surface area contributed by atoms with E-state index in [4.69, 9.17) is 0 Å². The Labute approximate surface area is 68.3 Å². The van der Waals surface area contributed by atoms with E-state index in [9.17, 15) is 9.46 Å². The summed E-state index contributed by atoms with van der Waals surface area (Å²) in [6, 6.07) is 0. The molecule has 4 heteroatoms. The van der Waals surface area contributed by atoms with Gasteiger partial charge in [0.25, 0.3) is 0 Å². The van der Waals surface area contributed by atoms with Crippen LogP contribution in [0.5, 0.6) is 0 Å². The topological polar surface area (TPSA) is 49.4 Å². The Morgan fingerprint density at radius 3 is 2.45 bits per heavy atom. The molecule has 1 unspecified atom stereocenters. The molecule has 0 fully saturated rings. The fraction of sp³-hybridized carbons (Fsp3) is 1.00. The Bertz CT molecular complexity index is 130. The average molecular weight is 179 g/mol. The molecule has 0 saturated heterocycles. The van der Waals surface area contributed by atoms with E-state index in [0.717, 1.165) is 32.3 Å². The molecule has 0 bridgehead atoms. The van der Waals surface area contributed by atoms with E-state index < -0.39 is 7.60 Å². The van der Waals surface area contributed by atoms with Crippen molar-refractivity contribution in [2.24, 2.45) is 0 Å². The van der Waals surface area contributed by atoms with Gasteiger partial charge in [0.1, 0.15) is 7.60 Å². The molecule has 0 aromatic heterocycles. The lowest BCUT2D eigenvalue weighted by molar-refractivity contribution is -0.196. The summed E-state index contributed by atoms with van der Waals surface area (Å²) in [7, 11) is -3.46. The van der Waals surface area contributed by atoms with E-state index in [1.54, 1.807) is 0 Å². The summed E-state index contributed by atoms with van der Waals surface area (Å²) in [6.45, 7) is 3.56. The van der Waals surface area contributed by atoms with Gasteiger partial charge in [0.15, 0.2) is 0 Å². The maximum atomic E-state index is 10.5. The molecule has 0 spiro atoms. The number of hydrogen-bond donors (Lipinski definition) is 0. The minimum Gasteiger partial charge on any atom is -0.779 e. The Hall–Kier alpha value is 0.150. The van der Waals surface area contributed by atoms with Crippen molar-refractivity contribution in [1.82, 2.24) is 0 Å². The van der Waals surface area contributed by atoms with Crippen LogP contribution in [0.3, 0.4) is 0 Å². The van der Waals surface area contributed by atoms with Gasteiger partial charge in [-0.2, -0.15) is 0 Å². The van der Waals surface area contributed by atoms with Gasteiger partial charge in [-0.1, -0.05) is 26.2 Å². The van der Waals surface area contributed by atoms with Crippen LogP contribution >= 0.6 is 7.60 Å². The second-order valence-electron chi connectivity index (χ2n) is 2.67. The Balaban J connectivity index is 3.09. The molecule has 0 rings (SSSR count). The van der Waals surface area contributed by atoms with Crippen molar-refractivity contribution >= 4 is 7.60 Å². The smallest absolute Gasteiger partial charge is 0.131 e. The second-order valence-corrected chi connectivity index (χ2v) is 4.47. The van der Waals surface area contributed by atoms with Crippen LogP contribution in [0.4, 0.5) is 0 Å². The Kier molecular flexibility index (Phi) is 5.83. The minimum atomic E-state index is -3.46. The molecule has 0 N–H and O–H groups in total. The van der Waals surface area contributed by atoms with Crippen LogP contribution < -0.4 is 4.89 Å². The number of rotatable bonds is 6. The van der Waals surface area contributed by atoms with Crippen molar-refractivity contribution in [2.75, 3.05) is 13.3 Å². The van der Waals surface area contributed by atoms with Crippen molar-refractivity contribution in [2.45, 2.75) is 32.6 Å². The maximum Gasteiger partial charge on any atom is 0.131 e. The quantitative estimate of drug-likeness (QED) is 0.461. The van der Waals surface area contributed by atoms with Crippen LogP contribution in [-0.2, 0) is 9.09 Å². The van der Waals surface area contributed by atoms with Gasteiger partial charge in [0.2, 0.25) is 0 Å². The lowest BCUT2D eigenvalue weighted by Gasteiger charge is -2.17. The molecule has 0 radical (unpaired) electrons. The highest BCUT2D eigenvalue weighted by molar-refractivity contribution is 7.50. The molecule has 0 aliphatic carbocycles. The van der Waals surface area contributed by atoms with E-state index >= 15 is 0 Å². The zero-order valence-electron chi connectivity index (χ0n) is 7.21. The normalized spacial score (nSPS) is 16.3. The summed E-state index contributed by atoms with van der Waals surface area (Å²) in [4.78, 5) is 10.5. The highest BCUT2D eigenvalue weighted by Crippen LogP contribution is 2.30. The van der Waals surface area contributed by atoms with E-state index in [1.807, 2.05) is 0 Å². The third-order valence-corrected chi connectivity index (χ3v) is 1.98. The molecule has 3 nitrogen and oxygen atoms in total. The fourth-order valence-electron chi connectivity index (χ4n) is 0.759. The first-order chi connectivity index (χ1) is 5.06. The van der Waals surface area contributed by atoms with Gasteiger partial charge in [0, 0.05) is 6.66 Å². The van der Waals surface area contributed by atoms with E-state index in [0.29, 0.717) is 6.61 Å². The summed E-state index contributed by atoms with van der Waals surface area (Å²) in [6.07, 6.45) is 4.20. The molecule has 0 heterocycles. The van der Waals surface area contributed by atoms with Crippen molar-refractivity contribution in [3.05, 3.63) is 0 Å². The average Bonchev–Trinajstić information content (AvgIpc) is 1.85. The van der Waals surface area contributed by atoms with Gasteiger partial charge in [-0.05, 0) is 6.42 Å². The van der Waals surface area contributed by atoms with Crippen molar-refractivity contribution < 1.29 is 14.0 Å². The van der Waals surface area contributed by atoms with Crippen LogP contribution in [0, 0.1) is 0 Å². The largest absolute Gasteiger partial charge is 0.779 e. The predicted molar refractivity (Wildman–Crippen MR) is 43.6 cm³/mol. The zero-order valence-corrected chi connectivity index (χ0v) is 8.10. The highest BCUT2D eigenvalue weighted by atomic mass is 31.2. The van der Waals surface area contributed by atoms with Gasteiger partial charge in [-0.25, -0.2) is 0 Å². The SMILES string of the molecule is CCCCCCOP(C)(=O)[O-]. The third-order valence-electron chi connectivity index (χ3n) is 1.32. The molecular formula is C7H16O3P-. The summed E-state index contributed by atoms with van der Waals surface area (Å²) in [5.74, 6) is 0. The van der Waals surface area contributed by atoms with Crippen molar-refractivity contribution in [3.63, 3.8) is 0 Å². The summed E-state index contributed by atoms with van der Waals surface area (Å²) in [5.41, 5.74) is 0. The van der Waals surface area contributed by atoms with Crippen molar-refractivity contribution in [3.8, 4) is 0 Å². The Morgan fingerprint density at radius 2 is 2.00 bits per heavy atom.